The van der Waals surface area contributed by atoms with E-state index in [4.69, 9.17) is 4.74 Å². The predicted molar refractivity (Wildman–Crippen MR) is 104 cm³/mol. The first-order valence-corrected chi connectivity index (χ1v) is 9.58. The van der Waals surface area contributed by atoms with Crippen LogP contribution < -0.4 is 4.74 Å². The van der Waals surface area contributed by atoms with Crippen LogP contribution in [0.2, 0.25) is 0 Å². The molecule has 0 saturated heterocycles. The summed E-state index contributed by atoms with van der Waals surface area (Å²) in [5.41, 5.74) is 0.160. The molecule has 0 aliphatic heterocycles. The molecule has 0 spiro atoms. The van der Waals surface area contributed by atoms with Gasteiger partial charge in [-0.25, -0.2) is 0 Å². The van der Waals surface area contributed by atoms with Gasteiger partial charge in [0.25, 0.3) is 0 Å². The third kappa shape index (κ3) is 4.27. The molecule has 0 bridgehead atoms. The average Bonchev–Trinajstić information content (AvgIpc) is 3.49. The molecule has 31 heavy (non-hydrogen) atoms. The van der Waals surface area contributed by atoms with E-state index in [0.29, 0.717) is 16.9 Å². The highest BCUT2D eigenvalue weighted by Gasteiger charge is 2.53. The molecule has 0 N–H and O–H groups in total. The molecular formula is C24H18F6O. The molecule has 0 heterocycles. The van der Waals surface area contributed by atoms with Gasteiger partial charge < -0.3 is 4.74 Å². The van der Waals surface area contributed by atoms with E-state index in [0.717, 1.165) is 29.8 Å². The Hall–Kier alpha value is -2.96. The fourth-order valence-electron chi connectivity index (χ4n) is 4.25. The van der Waals surface area contributed by atoms with Crippen molar-refractivity contribution >= 4 is 0 Å². The molecule has 1 aliphatic rings. The first-order chi connectivity index (χ1) is 14.6. The first-order valence-electron chi connectivity index (χ1n) is 9.58. The van der Waals surface area contributed by atoms with Crippen LogP contribution in [-0.4, -0.2) is 7.11 Å². The van der Waals surface area contributed by atoms with Gasteiger partial charge in [0.05, 0.1) is 18.2 Å². The highest BCUT2D eigenvalue weighted by molar-refractivity contribution is 5.50. The summed E-state index contributed by atoms with van der Waals surface area (Å²) in [5, 5.41) is 0. The van der Waals surface area contributed by atoms with Crippen molar-refractivity contribution in [1.82, 2.24) is 0 Å². The number of rotatable bonds is 4. The van der Waals surface area contributed by atoms with Gasteiger partial charge in [-0.1, -0.05) is 48.5 Å². The summed E-state index contributed by atoms with van der Waals surface area (Å²) < 4.78 is 84.6. The van der Waals surface area contributed by atoms with E-state index in [1.54, 1.807) is 30.3 Å². The van der Waals surface area contributed by atoms with Crippen LogP contribution in [0, 0.1) is 0 Å². The molecule has 1 aliphatic carbocycles. The maximum absolute atomic E-state index is 13.2. The van der Waals surface area contributed by atoms with E-state index in [9.17, 15) is 26.3 Å². The molecule has 3 aromatic carbocycles. The van der Waals surface area contributed by atoms with E-state index < -0.39 is 23.5 Å². The summed E-state index contributed by atoms with van der Waals surface area (Å²) in [7, 11) is 1.50. The second-order valence-electron chi connectivity index (χ2n) is 7.60. The van der Waals surface area contributed by atoms with Crippen molar-refractivity contribution in [2.45, 2.75) is 30.1 Å². The summed E-state index contributed by atoms with van der Waals surface area (Å²) in [5.74, 6) is -0.437. The Bertz CT molecular complexity index is 1020. The summed E-state index contributed by atoms with van der Waals surface area (Å²) in [6.07, 6.45) is -9.00. The molecule has 3 aromatic rings. The molecule has 0 unspecified atom stereocenters. The predicted octanol–water partition coefficient (Wildman–Crippen LogP) is 7.40. The van der Waals surface area contributed by atoms with Crippen molar-refractivity contribution < 1.29 is 31.1 Å². The van der Waals surface area contributed by atoms with Crippen molar-refractivity contribution in [3.05, 3.63) is 101 Å². The number of methoxy groups -OCH3 is 1. The Morgan fingerprint density at radius 3 is 1.35 bits per heavy atom. The third-order valence-electron chi connectivity index (χ3n) is 5.70. The number of hydrogen-bond donors (Lipinski definition) is 0. The molecular weight excluding hydrogens is 418 g/mol. The van der Waals surface area contributed by atoms with Gasteiger partial charge in [-0.15, -0.1) is 0 Å². The number of ether oxygens (including phenoxy) is 1. The Morgan fingerprint density at radius 1 is 0.581 bits per heavy atom. The SMILES string of the molecule is COc1cccc(C2[C@@H](c3cccc(C(F)(F)F)c3)[C@@H]2c2cccc(C(F)(F)F)c2)c1. The zero-order chi connectivity index (χ0) is 22.4. The second kappa shape index (κ2) is 7.62. The highest BCUT2D eigenvalue weighted by Crippen LogP contribution is 2.66. The lowest BCUT2D eigenvalue weighted by molar-refractivity contribution is -0.138. The van der Waals surface area contributed by atoms with Crippen LogP contribution in [0.3, 0.4) is 0 Å². The Balaban J connectivity index is 1.78. The highest BCUT2D eigenvalue weighted by atomic mass is 19.4. The normalized spacial score (nSPS) is 21.1. The van der Waals surface area contributed by atoms with Crippen LogP contribution >= 0.6 is 0 Å². The minimum absolute atomic E-state index is 0.262. The molecule has 0 aromatic heterocycles. The van der Waals surface area contributed by atoms with Gasteiger partial charge in [-0.05, 0) is 58.7 Å². The molecule has 0 amide bonds. The Morgan fingerprint density at radius 2 is 0.968 bits per heavy atom. The molecule has 2 atom stereocenters. The molecule has 1 fully saturated rings. The van der Waals surface area contributed by atoms with Gasteiger partial charge >= 0.3 is 12.4 Å². The number of benzene rings is 3. The van der Waals surface area contributed by atoms with Gasteiger partial charge in [-0.2, -0.15) is 26.3 Å². The monoisotopic (exact) mass is 436 g/mol. The van der Waals surface area contributed by atoms with Crippen LogP contribution in [0.15, 0.2) is 72.8 Å². The van der Waals surface area contributed by atoms with Crippen LogP contribution in [0.4, 0.5) is 26.3 Å². The summed E-state index contributed by atoms with van der Waals surface area (Å²) >= 11 is 0. The number of halogens is 6. The lowest BCUT2D eigenvalue weighted by atomic mass is 10.0. The maximum atomic E-state index is 13.2. The van der Waals surface area contributed by atoms with Crippen molar-refractivity contribution in [2.75, 3.05) is 7.11 Å². The van der Waals surface area contributed by atoms with Crippen LogP contribution in [0.1, 0.15) is 45.6 Å². The Labute approximate surface area is 175 Å². The quantitative estimate of drug-likeness (QED) is 0.387. The van der Waals surface area contributed by atoms with E-state index in [2.05, 4.69) is 0 Å². The van der Waals surface area contributed by atoms with Gasteiger partial charge in [0.1, 0.15) is 5.75 Å². The lowest BCUT2D eigenvalue weighted by Gasteiger charge is -2.10. The fraction of sp³-hybridized carbons (Fsp3) is 0.250. The molecule has 162 valence electrons. The van der Waals surface area contributed by atoms with E-state index >= 15 is 0 Å². The van der Waals surface area contributed by atoms with Gasteiger partial charge in [0.15, 0.2) is 0 Å². The standard InChI is InChI=1S/C24H18F6O/c1-31-19-10-4-7-16(13-19)22-20(14-5-2-8-17(11-14)23(25,26)27)21(22)15-6-3-9-18(12-15)24(28,29)30/h2-13,20-22H,1H3/t20-,21-/m0/s1. The molecule has 4 rings (SSSR count). The fourth-order valence-corrected chi connectivity index (χ4v) is 4.25. The topological polar surface area (TPSA) is 9.23 Å². The number of alkyl halides is 6. The van der Waals surface area contributed by atoms with Crippen molar-refractivity contribution in [2.24, 2.45) is 0 Å². The van der Waals surface area contributed by atoms with Gasteiger partial charge in [0.2, 0.25) is 0 Å². The zero-order valence-corrected chi connectivity index (χ0v) is 16.3. The van der Waals surface area contributed by atoms with Crippen molar-refractivity contribution in [1.29, 1.82) is 0 Å². The smallest absolute Gasteiger partial charge is 0.416 e. The lowest BCUT2D eigenvalue weighted by Crippen LogP contribution is -2.05. The molecule has 7 heteroatoms. The molecule has 0 radical (unpaired) electrons. The van der Waals surface area contributed by atoms with E-state index in [1.807, 2.05) is 6.07 Å². The minimum atomic E-state index is -4.50. The second-order valence-corrected chi connectivity index (χ2v) is 7.60. The van der Waals surface area contributed by atoms with Crippen molar-refractivity contribution in [3.8, 4) is 5.75 Å². The summed E-state index contributed by atoms with van der Waals surface area (Å²) in [4.78, 5) is 0. The first kappa shape index (κ1) is 21.3. The largest absolute Gasteiger partial charge is 0.497 e. The van der Waals surface area contributed by atoms with E-state index in [-0.39, 0.29) is 17.8 Å². The van der Waals surface area contributed by atoms with Crippen LogP contribution in [-0.2, 0) is 12.4 Å². The summed E-state index contributed by atoms with van der Waals surface area (Å²) in [6.45, 7) is 0. The maximum Gasteiger partial charge on any atom is 0.416 e. The zero-order valence-electron chi connectivity index (χ0n) is 16.3. The molecule has 1 nitrogen and oxygen atoms in total. The van der Waals surface area contributed by atoms with Gasteiger partial charge in [0, 0.05) is 0 Å². The minimum Gasteiger partial charge on any atom is -0.497 e. The third-order valence-corrected chi connectivity index (χ3v) is 5.70. The number of hydrogen-bond acceptors (Lipinski definition) is 1. The van der Waals surface area contributed by atoms with Crippen LogP contribution in [0.5, 0.6) is 5.75 Å². The molecule has 1 saturated carbocycles. The Kier molecular flexibility index (Phi) is 5.23. The van der Waals surface area contributed by atoms with Crippen molar-refractivity contribution in [3.63, 3.8) is 0 Å². The van der Waals surface area contributed by atoms with Gasteiger partial charge in [-0.3, -0.25) is 0 Å². The van der Waals surface area contributed by atoms with E-state index in [1.165, 1.54) is 19.2 Å². The van der Waals surface area contributed by atoms with Crippen LogP contribution in [0.25, 0.3) is 0 Å². The average molecular weight is 436 g/mol. The summed E-state index contributed by atoms with van der Waals surface area (Å²) in [6, 6.07) is 17.1.